The Hall–Kier alpha value is -3.54. The van der Waals surface area contributed by atoms with E-state index in [-0.39, 0.29) is 30.8 Å². The first-order valence-electron chi connectivity index (χ1n) is 8.53. The van der Waals surface area contributed by atoms with Crippen LogP contribution >= 0.6 is 0 Å². The molecule has 4 rings (SSSR count). The maximum absolute atomic E-state index is 12.9. The average Bonchev–Trinajstić information content (AvgIpc) is 3.21. The predicted octanol–water partition coefficient (Wildman–Crippen LogP) is 3.10. The highest BCUT2D eigenvalue weighted by atomic mass is 16.7. The molecule has 0 saturated heterocycles. The third kappa shape index (κ3) is 2.95. The molecule has 0 unspecified atom stereocenters. The van der Waals surface area contributed by atoms with Crippen LogP contribution in [-0.4, -0.2) is 30.1 Å². The summed E-state index contributed by atoms with van der Waals surface area (Å²) in [5.41, 5.74) is 2.99. The highest BCUT2D eigenvalue weighted by Crippen LogP contribution is 2.36. The minimum absolute atomic E-state index is 0.152. The zero-order valence-electron chi connectivity index (χ0n) is 14.8. The standard InChI is InChI=1S/C21H18N2O4/c1-3-10-23-20(24)18(14-6-4-13(2)5-7-14)19(21(23)25)22-15-8-9-16-17(11-15)27-12-26-16/h3-9,11,22H,1,10,12H2,2H3. The Kier molecular flexibility index (Phi) is 4.16. The van der Waals surface area contributed by atoms with Crippen molar-refractivity contribution in [3.63, 3.8) is 0 Å². The number of hydrogen-bond donors (Lipinski definition) is 1. The van der Waals surface area contributed by atoms with Crippen molar-refractivity contribution in [2.75, 3.05) is 18.7 Å². The van der Waals surface area contributed by atoms with Crippen LogP contribution in [0.1, 0.15) is 11.1 Å². The monoisotopic (exact) mass is 362 g/mol. The zero-order valence-corrected chi connectivity index (χ0v) is 14.8. The van der Waals surface area contributed by atoms with E-state index in [1.165, 1.54) is 11.0 Å². The Morgan fingerprint density at radius 1 is 1.07 bits per heavy atom. The number of nitrogens with one attached hydrogen (secondary N) is 1. The molecule has 0 bridgehead atoms. The van der Waals surface area contributed by atoms with Crippen LogP contribution in [0, 0.1) is 6.92 Å². The Morgan fingerprint density at radius 3 is 2.56 bits per heavy atom. The number of imide groups is 1. The highest BCUT2D eigenvalue weighted by molar-refractivity contribution is 6.36. The number of ether oxygens (including phenoxy) is 2. The van der Waals surface area contributed by atoms with Crippen molar-refractivity contribution in [2.24, 2.45) is 0 Å². The predicted molar refractivity (Wildman–Crippen MR) is 101 cm³/mol. The first-order valence-corrected chi connectivity index (χ1v) is 8.53. The van der Waals surface area contributed by atoms with Gasteiger partial charge in [-0.3, -0.25) is 14.5 Å². The van der Waals surface area contributed by atoms with Crippen LogP contribution < -0.4 is 14.8 Å². The number of benzene rings is 2. The van der Waals surface area contributed by atoms with Crippen molar-refractivity contribution < 1.29 is 19.1 Å². The van der Waals surface area contributed by atoms with Gasteiger partial charge in [0.05, 0.1) is 5.57 Å². The fourth-order valence-corrected chi connectivity index (χ4v) is 3.09. The molecular weight excluding hydrogens is 344 g/mol. The van der Waals surface area contributed by atoms with Gasteiger partial charge >= 0.3 is 0 Å². The normalized spacial score (nSPS) is 15.5. The van der Waals surface area contributed by atoms with Gasteiger partial charge in [-0.25, -0.2) is 0 Å². The van der Waals surface area contributed by atoms with Crippen LogP contribution in [0.4, 0.5) is 5.69 Å². The molecule has 0 fully saturated rings. The molecule has 0 atom stereocenters. The molecule has 2 aliphatic rings. The van der Waals surface area contributed by atoms with Gasteiger partial charge in [0.15, 0.2) is 11.5 Å². The summed E-state index contributed by atoms with van der Waals surface area (Å²) >= 11 is 0. The Morgan fingerprint density at radius 2 is 1.81 bits per heavy atom. The quantitative estimate of drug-likeness (QED) is 0.654. The topological polar surface area (TPSA) is 67.9 Å². The van der Waals surface area contributed by atoms with Gasteiger partial charge in [0.25, 0.3) is 11.8 Å². The Labute approximate surface area is 156 Å². The summed E-state index contributed by atoms with van der Waals surface area (Å²) in [6, 6.07) is 12.8. The minimum atomic E-state index is -0.381. The maximum Gasteiger partial charge on any atom is 0.278 e. The zero-order chi connectivity index (χ0) is 19.0. The van der Waals surface area contributed by atoms with E-state index >= 15 is 0 Å². The number of nitrogens with zero attached hydrogens (tertiary/aromatic N) is 1. The molecule has 6 nitrogen and oxygen atoms in total. The second-order valence-corrected chi connectivity index (χ2v) is 6.32. The first kappa shape index (κ1) is 16.9. The molecular formula is C21H18N2O4. The minimum Gasteiger partial charge on any atom is -0.454 e. The fourth-order valence-electron chi connectivity index (χ4n) is 3.09. The van der Waals surface area contributed by atoms with Crippen molar-refractivity contribution in [3.05, 3.63) is 71.9 Å². The Balaban J connectivity index is 1.76. The molecule has 2 heterocycles. The molecule has 136 valence electrons. The van der Waals surface area contributed by atoms with Gasteiger partial charge in [0, 0.05) is 18.3 Å². The van der Waals surface area contributed by atoms with Gasteiger partial charge in [0.1, 0.15) is 5.70 Å². The molecule has 2 amide bonds. The molecule has 2 aliphatic heterocycles. The SMILES string of the molecule is C=CCN1C(=O)C(Nc2ccc3c(c2)OCO3)=C(c2ccc(C)cc2)C1=O. The van der Waals surface area contributed by atoms with Crippen molar-refractivity contribution in [1.29, 1.82) is 0 Å². The summed E-state index contributed by atoms with van der Waals surface area (Å²) in [4.78, 5) is 26.9. The van der Waals surface area contributed by atoms with E-state index < -0.39 is 0 Å². The lowest BCUT2D eigenvalue weighted by Gasteiger charge is -2.12. The van der Waals surface area contributed by atoms with E-state index in [4.69, 9.17) is 9.47 Å². The van der Waals surface area contributed by atoms with E-state index in [9.17, 15) is 9.59 Å². The third-order valence-electron chi connectivity index (χ3n) is 4.46. The number of carbonyl (C=O) groups is 2. The average molecular weight is 362 g/mol. The van der Waals surface area contributed by atoms with Gasteiger partial charge in [0.2, 0.25) is 6.79 Å². The number of rotatable bonds is 5. The molecule has 0 spiro atoms. The molecule has 1 N–H and O–H groups in total. The van der Waals surface area contributed by atoms with Crippen LogP contribution in [-0.2, 0) is 9.59 Å². The van der Waals surface area contributed by atoms with Crippen molar-refractivity contribution in [2.45, 2.75) is 6.92 Å². The number of anilines is 1. The number of fused-ring (bicyclic) bond motifs is 1. The van der Waals surface area contributed by atoms with Crippen LogP contribution in [0.15, 0.2) is 60.8 Å². The van der Waals surface area contributed by atoms with E-state index in [1.54, 1.807) is 18.2 Å². The summed E-state index contributed by atoms with van der Waals surface area (Å²) in [6.45, 7) is 5.92. The molecule has 0 radical (unpaired) electrons. The summed E-state index contributed by atoms with van der Waals surface area (Å²) in [7, 11) is 0. The van der Waals surface area contributed by atoms with E-state index in [0.29, 0.717) is 28.3 Å². The molecule has 6 heteroatoms. The van der Waals surface area contributed by atoms with E-state index in [0.717, 1.165) is 5.56 Å². The van der Waals surface area contributed by atoms with Gasteiger partial charge in [-0.15, -0.1) is 6.58 Å². The summed E-state index contributed by atoms with van der Waals surface area (Å²) in [5, 5.41) is 3.10. The lowest BCUT2D eigenvalue weighted by atomic mass is 10.0. The first-order chi connectivity index (χ1) is 13.1. The fraction of sp³-hybridized carbons (Fsp3) is 0.143. The van der Waals surface area contributed by atoms with Crippen LogP contribution in [0.2, 0.25) is 0 Å². The van der Waals surface area contributed by atoms with E-state index in [2.05, 4.69) is 11.9 Å². The van der Waals surface area contributed by atoms with Gasteiger partial charge in [-0.1, -0.05) is 35.9 Å². The molecule has 27 heavy (non-hydrogen) atoms. The summed E-state index contributed by atoms with van der Waals surface area (Å²) in [6.07, 6.45) is 1.53. The van der Waals surface area contributed by atoms with Gasteiger partial charge in [-0.05, 0) is 24.6 Å². The maximum atomic E-state index is 12.9. The number of amides is 2. The smallest absolute Gasteiger partial charge is 0.278 e. The number of carbonyl (C=O) groups excluding carboxylic acids is 2. The van der Waals surface area contributed by atoms with E-state index in [1.807, 2.05) is 31.2 Å². The molecule has 0 saturated carbocycles. The summed E-state index contributed by atoms with van der Waals surface area (Å²) in [5.74, 6) is 0.521. The van der Waals surface area contributed by atoms with Crippen molar-refractivity contribution in [1.82, 2.24) is 4.90 Å². The second kappa shape index (κ2) is 6.64. The number of aryl methyl sites for hydroxylation is 1. The van der Waals surface area contributed by atoms with Gasteiger partial charge in [-0.2, -0.15) is 0 Å². The summed E-state index contributed by atoms with van der Waals surface area (Å²) < 4.78 is 10.7. The molecule has 0 aliphatic carbocycles. The molecule has 2 aromatic carbocycles. The van der Waals surface area contributed by atoms with Crippen LogP contribution in [0.25, 0.3) is 5.57 Å². The lowest BCUT2D eigenvalue weighted by molar-refractivity contribution is -0.136. The number of hydrogen-bond acceptors (Lipinski definition) is 5. The van der Waals surface area contributed by atoms with Crippen LogP contribution in [0.3, 0.4) is 0 Å². The van der Waals surface area contributed by atoms with Gasteiger partial charge < -0.3 is 14.8 Å². The van der Waals surface area contributed by atoms with Crippen molar-refractivity contribution >= 4 is 23.1 Å². The lowest BCUT2D eigenvalue weighted by Crippen LogP contribution is -2.32. The van der Waals surface area contributed by atoms with Crippen LogP contribution in [0.5, 0.6) is 11.5 Å². The highest BCUT2D eigenvalue weighted by Gasteiger charge is 2.38. The molecule has 2 aromatic rings. The van der Waals surface area contributed by atoms with Crippen molar-refractivity contribution in [3.8, 4) is 11.5 Å². The molecule has 0 aromatic heterocycles. The third-order valence-corrected chi connectivity index (χ3v) is 4.46. The Bertz CT molecular complexity index is 976. The second-order valence-electron chi connectivity index (χ2n) is 6.32. The largest absolute Gasteiger partial charge is 0.454 e.